The lowest BCUT2D eigenvalue weighted by molar-refractivity contribution is 0.0565. The number of likely N-dealkylation sites (tertiary alicyclic amines) is 1. The van der Waals surface area contributed by atoms with E-state index in [0.717, 1.165) is 30.4 Å². The number of nitrogens with zero attached hydrogens (tertiary/aromatic N) is 3. The molecule has 1 aliphatic rings. The van der Waals surface area contributed by atoms with Gasteiger partial charge in [-0.3, -0.25) is 4.90 Å². The summed E-state index contributed by atoms with van der Waals surface area (Å²) >= 11 is 0. The molecule has 2 heterocycles. The second kappa shape index (κ2) is 10.7. The van der Waals surface area contributed by atoms with Crippen molar-refractivity contribution in [3.8, 4) is 0 Å². The first kappa shape index (κ1) is 24.6. The van der Waals surface area contributed by atoms with E-state index in [4.69, 9.17) is 9.47 Å². The van der Waals surface area contributed by atoms with Gasteiger partial charge in [0.2, 0.25) is 0 Å². The minimum Gasteiger partial charge on any atom is -0.445 e. The Morgan fingerprint density at radius 1 is 1.18 bits per heavy atom. The lowest BCUT2D eigenvalue weighted by Gasteiger charge is -2.31. The zero-order valence-electron chi connectivity index (χ0n) is 20.3. The Labute approximate surface area is 196 Å². The first-order chi connectivity index (χ1) is 15.7. The minimum absolute atomic E-state index is 0.0610. The molecule has 1 aliphatic heterocycles. The molecule has 178 valence electrons. The summed E-state index contributed by atoms with van der Waals surface area (Å²) in [4.78, 5) is 33.5. The summed E-state index contributed by atoms with van der Waals surface area (Å²) in [5.74, 6) is 0.540. The van der Waals surface area contributed by atoms with E-state index in [-0.39, 0.29) is 24.8 Å². The monoisotopic (exact) mass is 453 g/mol. The highest BCUT2D eigenvalue weighted by Crippen LogP contribution is 2.33. The lowest BCUT2D eigenvalue weighted by atomic mass is 10.1. The van der Waals surface area contributed by atoms with E-state index in [1.807, 2.05) is 77.1 Å². The average molecular weight is 454 g/mol. The van der Waals surface area contributed by atoms with E-state index in [9.17, 15) is 9.59 Å². The number of hydrogen-bond donors (Lipinski definition) is 0. The number of carbonyl (C=O) groups is 2. The molecule has 7 nitrogen and oxygen atoms in total. The predicted molar refractivity (Wildman–Crippen MR) is 128 cm³/mol. The second-order valence-electron chi connectivity index (χ2n) is 9.45. The molecule has 1 aromatic heterocycles. The third-order valence-corrected chi connectivity index (χ3v) is 5.72. The number of carbonyl (C=O) groups excluding carboxylic acids is 2. The number of pyridine rings is 1. The standard InChI is InChI=1S/C26H35N3O4/c1-6-19(2)29(25(31)33-26(3,4)5)23-15-14-21(17-27-23)22-13-10-16-28(22)24(30)32-18-20-11-8-7-9-12-20/h7-9,11-12,14-15,17,19,22H,6,10,13,16,18H2,1-5H3/t19-,22-/m0/s1. The van der Waals surface area contributed by atoms with Crippen molar-refractivity contribution in [2.75, 3.05) is 11.4 Å². The van der Waals surface area contributed by atoms with Crippen molar-refractivity contribution in [3.05, 3.63) is 59.8 Å². The van der Waals surface area contributed by atoms with Gasteiger partial charge in [0.1, 0.15) is 18.0 Å². The molecule has 1 saturated heterocycles. The Bertz CT molecular complexity index is 925. The predicted octanol–water partition coefficient (Wildman–Crippen LogP) is 6.10. The summed E-state index contributed by atoms with van der Waals surface area (Å²) in [5, 5.41) is 0. The number of rotatable bonds is 6. The fraction of sp³-hybridized carbons (Fsp3) is 0.500. The van der Waals surface area contributed by atoms with Gasteiger partial charge < -0.3 is 14.4 Å². The summed E-state index contributed by atoms with van der Waals surface area (Å²) in [6.07, 6.45) is 3.55. The maximum absolute atomic E-state index is 12.8. The third-order valence-electron chi connectivity index (χ3n) is 5.72. The Hall–Kier alpha value is -3.09. The topological polar surface area (TPSA) is 72.0 Å². The molecule has 0 spiro atoms. The summed E-state index contributed by atoms with van der Waals surface area (Å²) in [6.45, 7) is 10.4. The van der Waals surface area contributed by atoms with E-state index >= 15 is 0 Å². The van der Waals surface area contributed by atoms with Crippen LogP contribution in [0.15, 0.2) is 48.7 Å². The van der Waals surface area contributed by atoms with Gasteiger partial charge in [0.05, 0.1) is 6.04 Å². The molecule has 33 heavy (non-hydrogen) atoms. The van der Waals surface area contributed by atoms with Crippen molar-refractivity contribution in [2.45, 2.75) is 78.2 Å². The van der Waals surface area contributed by atoms with E-state index in [1.165, 1.54) is 0 Å². The number of anilines is 1. The van der Waals surface area contributed by atoms with E-state index in [1.54, 1.807) is 16.0 Å². The highest BCUT2D eigenvalue weighted by molar-refractivity contribution is 5.87. The molecule has 3 rings (SSSR count). The smallest absolute Gasteiger partial charge is 0.416 e. The second-order valence-corrected chi connectivity index (χ2v) is 9.45. The molecule has 0 aliphatic carbocycles. The summed E-state index contributed by atoms with van der Waals surface area (Å²) < 4.78 is 11.1. The molecule has 0 bridgehead atoms. The number of hydrogen-bond acceptors (Lipinski definition) is 5. The number of benzene rings is 1. The van der Waals surface area contributed by atoms with Crippen molar-refractivity contribution >= 4 is 18.0 Å². The number of amides is 2. The van der Waals surface area contributed by atoms with Crippen molar-refractivity contribution in [1.82, 2.24) is 9.88 Å². The van der Waals surface area contributed by atoms with Crippen LogP contribution in [0.25, 0.3) is 0 Å². The van der Waals surface area contributed by atoms with Crippen LogP contribution in [0.1, 0.15) is 71.0 Å². The highest BCUT2D eigenvalue weighted by Gasteiger charge is 2.32. The zero-order chi connectivity index (χ0) is 24.0. The Morgan fingerprint density at radius 2 is 1.91 bits per heavy atom. The van der Waals surface area contributed by atoms with Crippen LogP contribution in [0.3, 0.4) is 0 Å². The molecule has 7 heteroatoms. The fourth-order valence-electron chi connectivity index (χ4n) is 3.86. The number of ether oxygens (including phenoxy) is 2. The molecule has 2 atom stereocenters. The molecular weight excluding hydrogens is 418 g/mol. The Morgan fingerprint density at radius 3 is 2.52 bits per heavy atom. The molecule has 2 aromatic rings. The molecule has 0 N–H and O–H groups in total. The molecule has 0 radical (unpaired) electrons. The first-order valence-electron chi connectivity index (χ1n) is 11.6. The van der Waals surface area contributed by atoms with Gasteiger partial charge in [-0.15, -0.1) is 0 Å². The molecule has 1 fully saturated rings. The fourth-order valence-corrected chi connectivity index (χ4v) is 3.86. The first-order valence-corrected chi connectivity index (χ1v) is 11.6. The summed E-state index contributed by atoms with van der Waals surface area (Å²) in [5.41, 5.74) is 1.30. The van der Waals surface area contributed by atoms with Crippen LogP contribution in [0.4, 0.5) is 15.4 Å². The maximum atomic E-state index is 12.8. The van der Waals surface area contributed by atoms with Crippen LogP contribution in [0.5, 0.6) is 0 Å². The Kier molecular flexibility index (Phi) is 7.95. The van der Waals surface area contributed by atoms with E-state index in [2.05, 4.69) is 4.98 Å². The number of aromatic nitrogens is 1. The quantitative estimate of drug-likeness (QED) is 0.529. The minimum atomic E-state index is -0.590. The van der Waals surface area contributed by atoms with Crippen molar-refractivity contribution in [3.63, 3.8) is 0 Å². The van der Waals surface area contributed by atoms with Gasteiger partial charge in [0, 0.05) is 18.8 Å². The molecule has 1 aromatic carbocycles. The van der Waals surface area contributed by atoms with Crippen molar-refractivity contribution < 1.29 is 19.1 Å². The average Bonchev–Trinajstić information content (AvgIpc) is 3.27. The van der Waals surface area contributed by atoms with Crippen molar-refractivity contribution in [2.24, 2.45) is 0 Å². The van der Waals surface area contributed by atoms with Gasteiger partial charge in [0.25, 0.3) is 0 Å². The maximum Gasteiger partial charge on any atom is 0.416 e. The van der Waals surface area contributed by atoms with Gasteiger partial charge in [-0.2, -0.15) is 0 Å². The van der Waals surface area contributed by atoms with Crippen LogP contribution in [-0.2, 0) is 16.1 Å². The van der Waals surface area contributed by atoms with E-state index in [0.29, 0.717) is 12.4 Å². The van der Waals surface area contributed by atoms with Crippen LogP contribution >= 0.6 is 0 Å². The van der Waals surface area contributed by atoms with Gasteiger partial charge in [-0.1, -0.05) is 43.3 Å². The molecular formula is C26H35N3O4. The van der Waals surface area contributed by atoms with Crippen LogP contribution in [-0.4, -0.2) is 40.3 Å². The van der Waals surface area contributed by atoms with Gasteiger partial charge in [-0.05, 0) is 64.2 Å². The summed E-state index contributed by atoms with van der Waals surface area (Å²) in [7, 11) is 0. The van der Waals surface area contributed by atoms with Crippen LogP contribution < -0.4 is 4.90 Å². The molecule has 0 saturated carbocycles. The largest absolute Gasteiger partial charge is 0.445 e. The van der Waals surface area contributed by atoms with Crippen LogP contribution in [0, 0.1) is 0 Å². The van der Waals surface area contributed by atoms with Crippen molar-refractivity contribution in [1.29, 1.82) is 0 Å². The zero-order valence-corrected chi connectivity index (χ0v) is 20.3. The van der Waals surface area contributed by atoms with Gasteiger partial charge >= 0.3 is 12.2 Å². The van der Waals surface area contributed by atoms with Gasteiger partial charge in [-0.25, -0.2) is 14.6 Å². The molecule has 2 amide bonds. The summed E-state index contributed by atoms with van der Waals surface area (Å²) in [6, 6.07) is 13.3. The molecule has 0 unspecified atom stereocenters. The van der Waals surface area contributed by atoms with Gasteiger partial charge in [0.15, 0.2) is 0 Å². The third kappa shape index (κ3) is 6.46. The SMILES string of the molecule is CC[C@H](C)N(C(=O)OC(C)(C)C)c1ccc([C@@H]2CCCN2C(=O)OCc2ccccc2)cn1. The van der Waals surface area contributed by atoms with Crippen LogP contribution in [0.2, 0.25) is 0 Å². The highest BCUT2D eigenvalue weighted by atomic mass is 16.6. The lowest BCUT2D eigenvalue weighted by Crippen LogP contribution is -2.42. The van der Waals surface area contributed by atoms with E-state index < -0.39 is 11.7 Å². The normalized spacial score (nSPS) is 16.9. The Balaban J connectivity index is 1.71.